The Bertz CT molecular complexity index is 2360. The Labute approximate surface area is 513 Å². The van der Waals surface area contributed by atoms with Crippen LogP contribution in [0.2, 0.25) is 0 Å². The van der Waals surface area contributed by atoms with Crippen LogP contribution in [0.3, 0.4) is 0 Å². The molecule has 1 aliphatic heterocycles. The minimum Gasteiger partial charge on any atom is -0.391 e. The van der Waals surface area contributed by atoms with E-state index in [2.05, 4.69) is 21.3 Å². The van der Waals surface area contributed by atoms with Crippen molar-refractivity contribution in [1.82, 2.24) is 55.6 Å². The average molecular weight is 1220 g/mol. The molecular weight excluding hydrogens is 1110 g/mol. The van der Waals surface area contributed by atoms with Gasteiger partial charge in [-0.2, -0.15) is 0 Å². The minimum absolute atomic E-state index is 0.113. The molecule has 11 amide bonds. The van der Waals surface area contributed by atoms with E-state index in [1.54, 1.807) is 53.7 Å². The van der Waals surface area contributed by atoms with Gasteiger partial charge in [-0.1, -0.05) is 102 Å². The van der Waals surface area contributed by atoms with Gasteiger partial charge in [-0.15, -0.1) is 0 Å². The van der Waals surface area contributed by atoms with Gasteiger partial charge in [-0.25, -0.2) is 0 Å². The molecule has 1 rings (SSSR count). The van der Waals surface area contributed by atoms with Crippen molar-refractivity contribution < 1.29 is 63.0 Å². The second-order valence-corrected chi connectivity index (χ2v) is 26.4. The van der Waals surface area contributed by atoms with E-state index in [0.29, 0.717) is 0 Å². The molecule has 0 saturated carbocycles. The summed E-state index contributed by atoms with van der Waals surface area (Å²) >= 11 is 0. The topological polar surface area (TPSA) is 299 Å². The molecule has 492 valence electrons. The number of allylic oxidation sites excluding steroid dienone is 2. The van der Waals surface area contributed by atoms with E-state index in [1.165, 1.54) is 89.7 Å². The first-order valence-corrected chi connectivity index (χ1v) is 30.6. The normalized spacial score (nSPS) is 27.1. The Morgan fingerprint density at radius 1 is 0.430 bits per heavy atom. The Morgan fingerprint density at radius 2 is 0.826 bits per heavy atom. The summed E-state index contributed by atoms with van der Waals surface area (Å²) in [6.07, 6.45) is 1.10. The van der Waals surface area contributed by atoms with Crippen molar-refractivity contribution in [3.8, 4) is 0 Å². The summed E-state index contributed by atoms with van der Waals surface area (Å²) in [5.74, 6) is -10.7. The van der Waals surface area contributed by atoms with Crippen molar-refractivity contribution in [1.29, 1.82) is 0 Å². The maximum Gasteiger partial charge on any atom is 0.248 e. The van der Waals surface area contributed by atoms with Crippen LogP contribution in [0.15, 0.2) is 12.2 Å². The summed E-state index contributed by atoms with van der Waals surface area (Å²) in [5, 5.41) is 34.0. The van der Waals surface area contributed by atoms with Gasteiger partial charge in [-0.05, 0) is 101 Å². The number of likely N-dealkylation sites (N-methyl/N-ethyl adjacent to an activating group) is 7. The predicted molar refractivity (Wildman–Crippen MR) is 330 cm³/mol. The lowest BCUT2D eigenvalue weighted by atomic mass is 9.91. The Morgan fingerprint density at radius 3 is 1.27 bits per heavy atom. The maximum atomic E-state index is 15.1. The van der Waals surface area contributed by atoms with E-state index in [0.717, 1.165) is 14.7 Å². The van der Waals surface area contributed by atoms with Crippen LogP contribution in [-0.2, 0) is 52.7 Å². The second-order valence-electron chi connectivity index (χ2n) is 26.4. The zero-order valence-corrected chi connectivity index (χ0v) is 56.4. The fourth-order valence-electron chi connectivity index (χ4n) is 10.7. The molecule has 0 aromatic rings. The molecule has 3 unspecified atom stereocenters. The quantitative estimate of drug-likeness (QED) is 0.129. The number of carbonyl (C=O) groups excluding carboxylic acids is 11. The highest BCUT2D eigenvalue weighted by atomic mass is 16.3. The van der Waals surface area contributed by atoms with Crippen molar-refractivity contribution in [2.24, 2.45) is 41.4 Å². The van der Waals surface area contributed by atoms with Crippen molar-refractivity contribution >= 4 is 65.0 Å². The number of aliphatic hydroxyl groups is 2. The lowest BCUT2D eigenvalue weighted by molar-refractivity contribution is -0.157. The Hall–Kier alpha value is -6.17. The minimum atomic E-state index is -1.74. The molecule has 0 radical (unpaired) electrons. The van der Waals surface area contributed by atoms with Crippen LogP contribution in [0.25, 0.3) is 0 Å². The van der Waals surface area contributed by atoms with Crippen molar-refractivity contribution in [3.05, 3.63) is 12.2 Å². The number of nitrogens with zero attached hydrogens (tertiary/aromatic N) is 7. The first-order chi connectivity index (χ1) is 39.6. The van der Waals surface area contributed by atoms with Gasteiger partial charge < -0.3 is 65.8 Å². The molecule has 1 saturated heterocycles. The third-order valence-electron chi connectivity index (χ3n) is 16.1. The molecule has 0 bridgehead atoms. The van der Waals surface area contributed by atoms with Gasteiger partial charge in [0.25, 0.3) is 0 Å². The Balaban J connectivity index is 4.37. The molecule has 1 fully saturated rings. The van der Waals surface area contributed by atoms with Crippen molar-refractivity contribution in [3.63, 3.8) is 0 Å². The van der Waals surface area contributed by atoms with Gasteiger partial charge in [0.1, 0.15) is 60.4 Å². The Kier molecular flexibility index (Phi) is 31.7. The fraction of sp³-hybridized carbons (Fsp3) is 0.790. The van der Waals surface area contributed by atoms with Crippen molar-refractivity contribution in [2.45, 2.75) is 222 Å². The van der Waals surface area contributed by atoms with E-state index in [9.17, 15) is 53.4 Å². The second kappa shape index (κ2) is 35.0. The van der Waals surface area contributed by atoms with E-state index >= 15 is 9.59 Å². The first-order valence-electron chi connectivity index (χ1n) is 30.6. The first kappa shape index (κ1) is 77.8. The van der Waals surface area contributed by atoms with Gasteiger partial charge in [0.15, 0.2) is 0 Å². The maximum absolute atomic E-state index is 15.1. The number of hydrogen-bond donors (Lipinski definition) is 6. The highest BCUT2D eigenvalue weighted by Crippen LogP contribution is 2.26. The molecule has 1 heterocycles. The average Bonchev–Trinajstić information content (AvgIpc) is 2.16. The number of aliphatic hydroxyl groups excluding tert-OH is 2. The van der Waals surface area contributed by atoms with Gasteiger partial charge in [0.2, 0.25) is 65.0 Å². The molecule has 13 atom stereocenters. The molecule has 0 spiro atoms. The van der Waals surface area contributed by atoms with E-state index in [1.807, 2.05) is 55.4 Å². The smallest absolute Gasteiger partial charge is 0.248 e. The lowest BCUT2D eigenvalue weighted by Gasteiger charge is -2.41. The molecule has 86 heavy (non-hydrogen) atoms. The summed E-state index contributed by atoms with van der Waals surface area (Å²) in [6.45, 7) is 28.5. The van der Waals surface area contributed by atoms with Gasteiger partial charge in [0.05, 0.1) is 18.8 Å². The monoisotopic (exact) mass is 1220 g/mol. The number of nitrogens with one attached hydrogen (secondary N) is 4. The number of amides is 11. The van der Waals surface area contributed by atoms with Crippen LogP contribution < -0.4 is 21.3 Å². The van der Waals surface area contributed by atoms with E-state index in [4.69, 9.17) is 0 Å². The summed E-state index contributed by atoms with van der Waals surface area (Å²) in [7, 11) is 9.62. The van der Waals surface area contributed by atoms with E-state index in [-0.39, 0.29) is 55.8 Å². The van der Waals surface area contributed by atoms with Crippen LogP contribution in [0.4, 0.5) is 0 Å². The number of carbonyl (C=O) groups is 11. The largest absolute Gasteiger partial charge is 0.391 e. The molecule has 1 aliphatic rings. The number of rotatable bonds is 15. The van der Waals surface area contributed by atoms with Gasteiger partial charge >= 0.3 is 0 Å². The van der Waals surface area contributed by atoms with E-state index < -0.39 is 162 Å². The number of hydrogen-bond acceptors (Lipinski definition) is 13. The third-order valence-corrected chi connectivity index (χ3v) is 16.1. The van der Waals surface area contributed by atoms with Crippen LogP contribution in [-0.4, -0.2) is 238 Å². The molecule has 24 heteroatoms. The molecule has 24 nitrogen and oxygen atoms in total. The fourth-order valence-corrected chi connectivity index (χ4v) is 10.7. The summed E-state index contributed by atoms with van der Waals surface area (Å²) in [5.41, 5.74) is 0. The zero-order valence-electron chi connectivity index (χ0n) is 56.4. The molecular formula is C62H111N11O13. The van der Waals surface area contributed by atoms with Crippen molar-refractivity contribution in [2.75, 3.05) is 55.9 Å². The molecule has 6 N–H and O–H groups in total. The standard InChI is InChI=1S/C62H111N11O13/c1-25-26-27-39(14)52(76)51-56(80)66-49(42(17)74)60(84)67(18)32-47(75)68(19)43(28-33(2)3)55(79)65-48(37(10)11)61(85)69(20)44(29-34(4)5)54(78)63-40(15)53(77)64-41(16)57(81)70(21)45(30-35(6)7)58(82)71(22)46(31-36(8)9)59(83)72(23)50(38(12)13)62(86)73(51)24/h25-26,33-46,48-52,74,76H,27-32H2,1-24H3,(H,63,78)(H,64,77)(H,65,79)(H,66,80)/b26-25+/t39?,40-,41-,42?,43+,44+,45+,46+,48-,49-,50-,51+,52?/m1/s1. The molecule has 0 aromatic heterocycles. The highest BCUT2D eigenvalue weighted by Gasteiger charge is 2.46. The van der Waals surface area contributed by atoms with Crippen LogP contribution >= 0.6 is 0 Å². The predicted octanol–water partition coefficient (Wildman–Crippen LogP) is 2.24. The zero-order chi connectivity index (χ0) is 66.8. The van der Waals surface area contributed by atoms with Gasteiger partial charge in [0, 0.05) is 49.3 Å². The highest BCUT2D eigenvalue weighted by molar-refractivity contribution is 5.99. The van der Waals surface area contributed by atoms with Gasteiger partial charge in [-0.3, -0.25) is 52.7 Å². The van der Waals surface area contributed by atoms with Crippen LogP contribution in [0.1, 0.15) is 150 Å². The lowest BCUT2D eigenvalue weighted by Crippen LogP contribution is -2.64. The molecule has 0 aromatic carbocycles. The molecule has 0 aliphatic carbocycles. The summed E-state index contributed by atoms with van der Waals surface area (Å²) < 4.78 is 0. The van der Waals surface area contributed by atoms with Crippen LogP contribution in [0.5, 0.6) is 0 Å². The third kappa shape index (κ3) is 21.6. The summed E-state index contributed by atoms with van der Waals surface area (Å²) in [6, 6.07) is -13.2. The summed E-state index contributed by atoms with van der Waals surface area (Å²) in [4.78, 5) is 168. The van der Waals surface area contributed by atoms with Crippen LogP contribution in [0, 0.1) is 41.4 Å². The SMILES string of the molecule is C/C=C/CC(C)C(O)[C@H]1C(=O)N[C@H](C(C)O)C(=O)N(C)CC(=O)N(C)[C@@H](CC(C)C)C(=O)N[C@H](C(C)C)C(=O)N(C)[C@@H](CC(C)C)C(=O)N[C@H](C)C(=O)N[C@H](C)C(=O)N(C)[C@@H](CC(C)C)C(=O)N(C)[C@@H](CC(C)C)C(=O)N(C)[C@H](C(C)C)C(=O)N1C.